The number of rotatable bonds is 8. The molecule has 1 heterocycles. The van der Waals surface area contributed by atoms with Gasteiger partial charge in [-0.1, -0.05) is 0 Å². The van der Waals surface area contributed by atoms with Crippen molar-refractivity contribution in [1.29, 1.82) is 0 Å². The maximum Gasteiger partial charge on any atom is 0.378 e. The zero-order valence-electron chi connectivity index (χ0n) is 12.3. The molecule has 0 aliphatic carbocycles. The van der Waals surface area contributed by atoms with Crippen molar-refractivity contribution in [3.63, 3.8) is 0 Å². The lowest BCUT2D eigenvalue weighted by molar-refractivity contribution is -0.149. The predicted molar refractivity (Wildman–Crippen MR) is 69.9 cm³/mol. The summed E-state index contributed by atoms with van der Waals surface area (Å²) in [5.74, 6) is -1.25. The molecule has 0 aromatic carbocycles. The van der Waals surface area contributed by atoms with Gasteiger partial charge in [0.2, 0.25) is 5.76 Å². The highest BCUT2D eigenvalue weighted by Gasteiger charge is 2.42. The van der Waals surface area contributed by atoms with Gasteiger partial charge in [0.25, 0.3) is 0 Å². The van der Waals surface area contributed by atoms with Crippen LogP contribution in [0.3, 0.4) is 0 Å². The second-order valence-corrected chi connectivity index (χ2v) is 5.48. The van der Waals surface area contributed by atoms with Gasteiger partial charge in [-0.15, -0.1) is 0 Å². The van der Waals surface area contributed by atoms with Crippen LogP contribution in [0.25, 0.3) is 0 Å². The molecule has 0 radical (unpaired) electrons. The number of ether oxygens (including phenoxy) is 3. The first-order valence-corrected chi connectivity index (χ1v) is 6.56. The van der Waals surface area contributed by atoms with Crippen LogP contribution in [-0.2, 0) is 19.0 Å². The Bertz CT molecular complexity index is 397. The van der Waals surface area contributed by atoms with Gasteiger partial charge < -0.3 is 34.6 Å². The average molecular weight is 306 g/mol. The number of aliphatic hydroxyl groups is 4. The van der Waals surface area contributed by atoms with E-state index in [4.69, 9.17) is 24.4 Å². The Morgan fingerprint density at radius 1 is 1.33 bits per heavy atom. The summed E-state index contributed by atoms with van der Waals surface area (Å²) in [6.45, 7) is 3.37. The lowest BCUT2D eigenvalue weighted by atomic mass is 10.1. The molecular formula is C13H22O8. The highest BCUT2D eigenvalue weighted by atomic mass is 16.6. The normalized spacial score (nSPS) is 22.0. The third kappa shape index (κ3) is 4.85. The molecule has 8 heteroatoms. The molecule has 3 atom stereocenters. The largest absolute Gasteiger partial charge is 0.484 e. The van der Waals surface area contributed by atoms with Crippen LogP contribution in [0.5, 0.6) is 0 Å². The zero-order valence-corrected chi connectivity index (χ0v) is 12.3. The van der Waals surface area contributed by atoms with Crippen molar-refractivity contribution in [2.75, 3.05) is 19.8 Å². The number of carbonyl (C=O) groups is 1. The van der Waals surface area contributed by atoms with Crippen LogP contribution in [0.2, 0.25) is 0 Å². The summed E-state index contributed by atoms with van der Waals surface area (Å²) < 4.78 is 15.5. The summed E-state index contributed by atoms with van der Waals surface area (Å²) in [4.78, 5) is 11.8. The Balaban J connectivity index is 3.00. The summed E-state index contributed by atoms with van der Waals surface area (Å²) in [5.41, 5.74) is -1.19. The molecule has 0 saturated heterocycles. The quantitative estimate of drug-likeness (QED) is 0.406. The van der Waals surface area contributed by atoms with Crippen LogP contribution in [0.4, 0.5) is 0 Å². The van der Waals surface area contributed by atoms with Crippen molar-refractivity contribution in [3.05, 3.63) is 11.5 Å². The second-order valence-electron chi connectivity index (χ2n) is 5.48. The van der Waals surface area contributed by atoms with Crippen molar-refractivity contribution in [2.24, 2.45) is 0 Å². The van der Waals surface area contributed by atoms with Crippen LogP contribution in [0, 0.1) is 0 Å². The van der Waals surface area contributed by atoms with Gasteiger partial charge in [-0.05, 0) is 20.8 Å². The van der Waals surface area contributed by atoms with E-state index >= 15 is 0 Å². The van der Waals surface area contributed by atoms with Gasteiger partial charge in [-0.25, -0.2) is 4.79 Å². The molecule has 0 spiro atoms. The zero-order chi connectivity index (χ0) is 16.2. The molecule has 0 bridgehead atoms. The molecule has 1 rings (SSSR count). The van der Waals surface area contributed by atoms with Crippen molar-refractivity contribution in [2.45, 2.75) is 44.7 Å². The van der Waals surface area contributed by atoms with Gasteiger partial charge in [0.1, 0.15) is 18.8 Å². The van der Waals surface area contributed by atoms with E-state index in [1.807, 2.05) is 0 Å². The lowest BCUT2D eigenvalue weighted by Gasteiger charge is -2.21. The molecule has 8 nitrogen and oxygen atoms in total. The van der Waals surface area contributed by atoms with Crippen LogP contribution >= 0.6 is 0 Å². The molecule has 1 aliphatic heterocycles. The number of hydrogen-bond donors (Lipinski definition) is 4. The number of hydrogen-bond acceptors (Lipinski definition) is 8. The Labute approximate surface area is 122 Å². The van der Waals surface area contributed by atoms with E-state index in [1.165, 1.54) is 13.8 Å². The molecule has 21 heavy (non-hydrogen) atoms. The molecule has 0 aromatic heterocycles. The van der Waals surface area contributed by atoms with Crippen LogP contribution in [-0.4, -0.2) is 70.1 Å². The minimum Gasteiger partial charge on any atom is -0.484 e. The van der Waals surface area contributed by atoms with Gasteiger partial charge in [-0.3, -0.25) is 0 Å². The van der Waals surface area contributed by atoms with Crippen LogP contribution in [0.1, 0.15) is 20.8 Å². The van der Waals surface area contributed by atoms with Gasteiger partial charge >= 0.3 is 5.97 Å². The Kier molecular flexibility index (Phi) is 5.97. The van der Waals surface area contributed by atoms with Crippen LogP contribution < -0.4 is 0 Å². The maximum atomic E-state index is 11.8. The topological polar surface area (TPSA) is 126 Å². The van der Waals surface area contributed by atoms with E-state index in [9.17, 15) is 15.0 Å². The Hall–Kier alpha value is -1.35. The second kappa shape index (κ2) is 7.08. The van der Waals surface area contributed by atoms with E-state index < -0.39 is 36.5 Å². The SMILES string of the molecule is CC(CO)OC1=C(OCC(C)(C)O)C(=O)O[C@@H]1[C@@H](O)CO. The molecule has 122 valence electrons. The third-order valence-electron chi connectivity index (χ3n) is 2.59. The fourth-order valence-corrected chi connectivity index (χ4v) is 1.55. The maximum absolute atomic E-state index is 11.8. The molecule has 0 fully saturated rings. The number of esters is 1. The van der Waals surface area contributed by atoms with Crippen molar-refractivity contribution >= 4 is 5.97 Å². The number of cyclic esters (lactones) is 1. The fraction of sp³-hybridized carbons (Fsp3) is 0.769. The monoisotopic (exact) mass is 306 g/mol. The summed E-state index contributed by atoms with van der Waals surface area (Å²) >= 11 is 0. The standard InChI is InChI=1S/C13H22O8/c1-7(4-14)20-10-9(8(16)5-15)21-12(17)11(10)19-6-13(2,3)18/h7-9,14-16,18H,4-6H2,1-3H3/t7?,8-,9+/m0/s1. The third-order valence-corrected chi connectivity index (χ3v) is 2.59. The summed E-state index contributed by atoms with van der Waals surface area (Å²) in [7, 11) is 0. The Morgan fingerprint density at radius 2 is 1.95 bits per heavy atom. The lowest BCUT2D eigenvalue weighted by Crippen LogP contribution is -2.33. The summed E-state index contributed by atoms with van der Waals surface area (Å²) in [6.07, 6.45) is -3.25. The summed E-state index contributed by atoms with van der Waals surface area (Å²) in [5, 5.41) is 37.3. The van der Waals surface area contributed by atoms with Crippen molar-refractivity contribution in [1.82, 2.24) is 0 Å². The minimum atomic E-state index is -1.38. The smallest absolute Gasteiger partial charge is 0.378 e. The van der Waals surface area contributed by atoms with E-state index in [0.29, 0.717) is 0 Å². The molecule has 0 saturated carbocycles. The van der Waals surface area contributed by atoms with E-state index in [0.717, 1.165) is 0 Å². The van der Waals surface area contributed by atoms with E-state index in [2.05, 4.69) is 0 Å². The molecule has 1 aliphatic rings. The minimum absolute atomic E-state index is 0.104. The van der Waals surface area contributed by atoms with E-state index in [1.54, 1.807) is 6.92 Å². The first-order valence-electron chi connectivity index (χ1n) is 6.56. The summed E-state index contributed by atoms with van der Waals surface area (Å²) in [6, 6.07) is 0. The molecule has 0 aromatic rings. The average Bonchev–Trinajstić information content (AvgIpc) is 2.71. The fourth-order valence-electron chi connectivity index (χ4n) is 1.55. The molecule has 4 N–H and O–H groups in total. The van der Waals surface area contributed by atoms with Gasteiger partial charge in [0.15, 0.2) is 11.9 Å². The highest BCUT2D eigenvalue weighted by Crippen LogP contribution is 2.28. The van der Waals surface area contributed by atoms with Crippen molar-refractivity contribution < 1.29 is 39.4 Å². The van der Waals surface area contributed by atoms with Crippen molar-refractivity contribution in [3.8, 4) is 0 Å². The van der Waals surface area contributed by atoms with Gasteiger partial charge in [0, 0.05) is 0 Å². The molecular weight excluding hydrogens is 284 g/mol. The molecule has 1 unspecified atom stereocenters. The van der Waals surface area contributed by atoms with Gasteiger partial charge in [0.05, 0.1) is 18.8 Å². The van der Waals surface area contributed by atoms with Gasteiger partial charge in [-0.2, -0.15) is 0 Å². The number of carbonyl (C=O) groups excluding carboxylic acids is 1. The highest BCUT2D eigenvalue weighted by molar-refractivity contribution is 5.89. The molecule has 0 amide bonds. The Morgan fingerprint density at radius 3 is 2.43 bits per heavy atom. The first kappa shape index (κ1) is 17.7. The van der Waals surface area contributed by atoms with Crippen LogP contribution in [0.15, 0.2) is 11.5 Å². The number of aliphatic hydroxyl groups excluding tert-OH is 3. The first-order chi connectivity index (χ1) is 9.69. The van der Waals surface area contributed by atoms with E-state index in [-0.39, 0.29) is 24.7 Å². The predicted octanol–water partition coefficient (Wildman–Crippen LogP) is -1.34.